The summed E-state index contributed by atoms with van der Waals surface area (Å²) in [6.45, 7) is 0. The molecule has 2 rings (SSSR count). The van der Waals surface area contributed by atoms with Gasteiger partial charge in [-0.2, -0.15) is 0 Å². The third-order valence-corrected chi connectivity index (χ3v) is 3.21. The van der Waals surface area contributed by atoms with Gasteiger partial charge in [-0.15, -0.1) is 0 Å². The van der Waals surface area contributed by atoms with Crippen LogP contribution in [0, 0.1) is 11.6 Å². The molecule has 0 N–H and O–H groups in total. The Kier molecular flexibility index (Phi) is 3.61. The van der Waals surface area contributed by atoms with Gasteiger partial charge in [-0.25, -0.2) is 13.6 Å². The summed E-state index contributed by atoms with van der Waals surface area (Å²) in [4.78, 5) is 13.6. The highest BCUT2D eigenvalue weighted by Gasteiger charge is 2.37. The van der Waals surface area contributed by atoms with E-state index < -0.39 is 23.6 Å². The number of hydrogen-bond acceptors (Lipinski definition) is 3. The van der Waals surface area contributed by atoms with E-state index in [1.807, 2.05) is 0 Å². The van der Waals surface area contributed by atoms with E-state index in [-0.39, 0.29) is 11.6 Å². The molecular weight excluding hydrogens is 240 g/mol. The van der Waals surface area contributed by atoms with Gasteiger partial charge in [0.15, 0.2) is 0 Å². The summed E-state index contributed by atoms with van der Waals surface area (Å²) < 4.78 is 31.4. The number of carbonyl (C=O) groups is 1. The lowest BCUT2D eigenvalue weighted by Gasteiger charge is -2.26. The second-order valence-electron chi connectivity index (χ2n) is 4.49. The third kappa shape index (κ3) is 2.51. The average Bonchev–Trinajstić information content (AvgIpc) is 3.15. The summed E-state index contributed by atoms with van der Waals surface area (Å²) in [5, 5.41) is 0. The number of halogens is 2. The molecule has 0 bridgehead atoms. The molecule has 3 nitrogen and oxygen atoms in total. The summed E-state index contributed by atoms with van der Waals surface area (Å²) >= 11 is 0. The number of esters is 1. The molecule has 0 saturated heterocycles. The van der Waals surface area contributed by atoms with E-state index >= 15 is 0 Å². The molecule has 0 spiro atoms. The van der Waals surface area contributed by atoms with Crippen LogP contribution in [0.1, 0.15) is 24.4 Å². The lowest BCUT2D eigenvalue weighted by atomic mass is 10.0. The minimum absolute atomic E-state index is 0.151. The average molecular weight is 255 g/mol. The highest BCUT2D eigenvalue weighted by molar-refractivity contribution is 5.77. The molecule has 1 unspecified atom stereocenters. The van der Waals surface area contributed by atoms with Crippen LogP contribution >= 0.6 is 0 Å². The summed E-state index contributed by atoms with van der Waals surface area (Å²) in [7, 11) is 3.01. The summed E-state index contributed by atoms with van der Waals surface area (Å²) in [5.41, 5.74) is 0.151. The van der Waals surface area contributed by atoms with Crippen molar-refractivity contribution in [3.63, 3.8) is 0 Å². The van der Waals surface area contributed by atoms with Crippen LogP contribution in [-0.4, -0.2) is 31.1 Å². The number of nitrogens with zero attached hydrogens (tertiary/aromatic N) is 1. The van der Waals surface area contributed by atoms with Crippen molar-refractivity contribution in [1.82, 2.24) is 4.90 Å². The van der Waals surface area contributed by atoms with Gasteiger partial charge in [0.25, 0.3) is 0 Å². The van der Waals surface area contributed by atoms with E-state index in [2.05, 4.69) is 0 Å². The molecule has 1 atom stereocenters. The Bertz CT molecular complexity index is 460. The standard InChI is InChI=1S/C13H15F2NO2/c1-16(9-4-5-9)12(13(17)18-2)10-6-3-8(14)7-11(10)15/h3,6-7,9,12H,4-5H2,1-2H3. The minimum Gasteiger partial charge on any atom is -0.468 e. The van der Waals surface area contributed by atoms with Gasteiger partial charge in [0.1, 0.15) is 17.7 Å². The zero-order valence-corrected chi connectivity index (χ0v) is 10.3. The Balaban J connectivity index is 2.35. The lowest BCUT2D eigenvalue weighted by molar-refractivity contribution is -0.147. The van der Waals surface area contributed by atoms with Crippen LogP contribution in [0.5, 0.6) is 0 Å². The summed E-state index contributed by atoms with van der Waals surface area (Å²) in [5.74, 6) is -1.92. The molecule has 1 aromatic rings. The molecule has 18 heavy (non-hydrogen) atoms. The number of ether oxygens (including phenoxy) is 1. The van der Waals surface area contributed by atoms with Crippen molar-refractivity contribution in [2.45, 2.75) is 24.9 Å². The fourth-order valence-corrected chi connectivity index (χ4v) is 2.04. The molecule has 1 aromatic carbocycles. The Morgan fingerprint density at radius 2 is 2.11 bits per heavy atom. The van der Waals surface area contributed by atoms with Crippen LogP contribution in [0.15, 0.2) is 18.2 Å². The van der Waals surface area contributed by atoms with E-state index in [0.29, 0.717) is 0 Å². The molecule has 0 radical (unpaired) electrons. The SMILES string of the molecule is COC(=O)C(c1ccc(F)cc1F)N(C)C1CC1. The Hall–Kier alpha value is -1.49. The minimum atomic E-state index is -0.817. The second-order valence-corrected chi connectivity index (χ2v) is 4.49. The van der Waals surface area contributed by atoms with Gasteiger partial charge >= 0.3 is 5.97 Å². The van der Waals surface area contributed by atoms with Crippen LogP contribution in [0.25, 0.3) is 0 Å². The molecule has 0 aromatic heterocycles. The van der Waals surface area contributed by atoms with Crippen LogP contribution in [-0.2, 0) is 9.53 Å². The smallest absolute Gasteiger partial charge is 0.327 e. The fourth-order valence-electron chi connectivity index (χ4n) is 2.04. The van der Waals surface area contributed by atoms with Crippen molar-refractivity contribution >= 4 is 5.97 Å². The first-order valence-corrected chi connectivity index (χ1v) is 5.79. The highest BCUT2D eigenvalue weighted by Crippen LogP contribution is 2.34. The van der Waals surface area contributed by atoms with Crippen molar-refractivity contribution in [2.24, 2.45) is 0 Å². The number of hydrogen-bond donors (Lipinski definition) is 0. The molecule has 0 aliphatic heterocycles. The number of carbonyl (C=O) groups excluding carboxylic acids is 1. The maximum atomic E-state index is 13.8. The van der Waals surface area contributed by atoms with E-state index in [0.717, 1.165) is 25.0 Å². The molecule has 1 aliphatic carbocycles. The molecule has 1 saturated carbocycles. The maximum Gasteiger partial charge on any atom is 0.327 e. The van der Waals surface area contributed by atoms with E-state index in [4.69, 9.17) is 4.74 Å². The molecule has 1 fully saturated rings. The third-order valence-electron chi connectivity index (χ3n) is 3.21. The number of rotatable bonds is 4. The Labute approximate surface area is 104 Å². The topological polar surface area (TPSA) is 29.5 Å². The molecule has 5 heteroatoms. The van der Waals surface area contributed by atoms with Gasteiger partial charge < -0.3 is 4.74 Å². The first-order chi connectivity index (χ1) is 8.54. The largest absolute Gasteiger partial charge is 0.468 e. The van der Waals surface area contributed by atoms with Crippen LogP contribution in [0.3, 0.4) is 0 Å². The van der Waals surface area contributed by atoms with Crippen molar-refractivity contribution in [3.8, 4) is 0 Å². The lowest BCUT2D eigenvalue weighted by Crippen LogP contribution is -2.34. The van der Waals surface area contributed by atoms with Gasteiger partial charge in [0, 0.05) is 17.7 Å². The molecular formula is C13H15F2NO2. The zero-order chi connectivity index (χ0) is 13.3. The Morgan fingerprint density at radius 1 is 1.44 bits per heavy atom. The van der Waals surface area contributed by atoms with Crippen LogP contribution in [0.2, 0.25) is 0 Å². The quantitative estimate of drug-likeness (QED) is 0.773. The van der Waals surface area contributed by atoms with Crippen molar-refractivity contribution < 1.29 is 18.3 Å². The van der Waals surface area contributed by atoms with Gasteiger partial charge in [-0.3, -0.25) is 4.90 Å². The molecule has 0 amide bonds. The first kappa shape index (κ1) is 13.0. The molecule has 98 valence electrons. The van der Waals surface area contributed by atoms with Gasteiger partial charge in [0.2, 0.25) is 0 Å². The van der Waals surface area contributed by atoms with Crippen LogP contribution < -0.4 is 0 Å². The Morgan fingerprint density at radius 3 is 2.61 bits per heavy atom. The predicted molar refractivity (Wildman–Crippen MR) is 61.9 cm³/mol. The molecule has 0 heterocycles. The van der Waals surface area contributed by atoms with E-state index in [9.17, 15) is 13.6 Å². The monoisotopic (exact) mass is 255 g/mol. The number of benzene rings is 1. The van der Waals surface area contributed by atoms with Crippen molar-refractivity contribution in [1.29, 1.82) is 0 Å². The second kappa shape index (κ2) is 5.02. The fraction of sp³-hybridized carbons (Fsp3) is 0.462. The summed E-state index contributed by atoms with van der Waals surface area (Å²) in [6.07, 6.45) is 1.96. The van der Waals surface area contributed by atoms with Crippen molar-refractivity contribution in [2.75, 3.05) is 14.2 Å². The van der Waals surface area contributed by atoms with Gasteiger partial charge in [0.05, 0.1) is 7.11 Å². The van der Waals surface area contributed by atoms with Crippen LogP contribution in [0.4, 0.5) is 8.78 Å². The van der Waals surface area contributed by atoms with Gasteiger partial charge in [-0.1, -0.05) is 6.07 Å². The van der Waals surface area contributed by atoms with E-state index in [1.165, 1.54) is 13.2 Å². The highest BCUT2D eigenvalue weighted by atomic mass is 19.1. The van der Waals surface area contributed by atoms with Crippen molar-refractivity contribution in [3.05, 3.63) is 35.4 Å². The predicted octanol–water partition coefficient (Wildman–Crippen LogP) is 2.27. The maximum absolute atomic E-state index is 13.8. The normalized spacial score (nSPS) is 16.7. The van der Waals surface area contributed by atoms with E-state index in [1.54, 1.807) is 11.9 Å². The summed E-state index contributed by atoms with van der Waals surface area (Å²) in [6, 6.07) is 2.67. The first-order valence-electron chi connectivity index (χ1n) is 5.79. The zero-order valence-electron chi connectivity index (χ0n) is 10.3. The van der Waals surface area contributed by atoms with Gasteiger partial charge in [-0.05, 0) is 26.0 Å². The molecule has 1 aliphatic rings. The number of methoxy groups -OCH3 is 1. The number of likely N-dealkylation sites (N-methyl/N-ethyl adjacent to an activating group) is 1.